The Kier molecular flexibility index (Phi) is 2.35. The van der Waals surface area contributed by atoms with E-state index in [4.69, 9.17) is 5.73 Å². The van der Waals surface area contributed by atoms with Crippen molar-refractivity contribution in [1.29, 1.82) is 0 Å². The van der Waals surface area contributed by atoms with Crippen LogP contribution in [0.3, 0.4) is 0 Å². The number of nitrogens with zero attached hydrogens (tertiary/aromatic N) is 2. The molecule has 74 valence electrons. The molecule has 4 nitrogen and oxygen atoms in total. The molecule has 2 aromatic rings. The van der Waals surface area contributed by atoms with Crippen molar-refractivity contribution in [3.8, 4) is 0 Å². The average molecular weight is 209 g/mol. The minimum Gasteiger partial charge on any atom is -0.329 e. The van der Waals surface area contributed by atoms with E-state index in [1.165, 1.54) is 11.3 Å². The molecule has 0 radical (unpaired) electrons. The molecule has 0 atom stereocenters. The first-order valence-electron chi connectivity index (χ1n) is 4.38. The van der Waals surface area contributed by atoms with Gasteiger partial charge in [-0.25, -0.2) is 4.98 Å². The molecule has 2 rings (SSSR count). The van der Waals surface area contributed by atoms with Gasteiger partial charge in [0.15, 0.2) is 0 Å². The van der Waals surface area contributed by atoms with Crippen LogP contribution < -0.4 is 11.3 Å². The zero-order chi connectivity index (χ0) is 10.1. The molecule has 14 heavy (non-hydrogen) atoms. The zero-order valence-corrected chi connectivity index (χ0v) is 8.67. The van der Waals surface area contributed by atoms with Crippen molar-refractivity contribution in [3.63, 3.8) is 0 Å². The van der Waals surface area contributed by atoms with Crippen molar-refractivity contribution < 1.29 is 0 Å². The minimum atomic E-state index is 0.00444. The van der Waals surface area contributed by atoms with Crippen molar-refractivity contribution in [2.45, 2.75) is 13.5 Å². The number of hydrogen-bond acceptors (Lipinski definition) is 4. The van der Waals surface area contributed by atoms with Crippen molar-refractivity contribution in [2.75, 3.05) is 6.54 Å². The van der Waals surface area contributed by atoms with Crippen LogP contribution in [0.4, 0.5) is 0 Å². The summed E-state index contributed by atoms with van der Waals surface area (Å²) in [5, 5.41) is 0.698. The van der Waals surface area contributed by atoms with Crippen molar-refractivity contribution in [3.05, 3.63) is 27.6 Å². The molecule has 5 heteroatoms. The molecule has 2 heterocycles. The fraction of sp³-hybridized carbons (Fsp3) is 0.333. The van der Waals surface area contributed by atoms with Crippen LogP contribution in [0.25, 0.3) is 10.2 Å². The van der Waals surface area contributed by atoms with Gasteiger partial charge >= 0.3 is 0 Å². The van der Waals surface area contributed by atoms with Crippen LogP contribution in [0.1, 0.15) is 4.88 Å². The molecule has 0 aliphatic carbocycles. The maximum atomic E-state index is 11.8. The highest BCUT2D eigenvalue weighted by molar-refractivity contribution is 7.18. The lowest BCUT2D eigenvalue weighted by Gasteiger charge is -2.01. The smallest absolute Gasteiger partial charge is 0.262 e. The quantitative estimate of drug-likeness (QED) is 0.793. The van der Waals surface area contributed by atoms with E-state index < -0.39 is 0 Å². The van der Waals surface area contributed by atoms with E-state index in [1.807, 2.05) is 13.0 Å². The second-order valence-corrected chi connectivity index (χ2v) is 4.34. The summed E-state index contributed by atoms with van der Waals surface area (Å²) in [5.74, 6) is 0. The first-order valence-corrected chi connectivity index (χ1v) is 5.19. The molecule has 0 saturated heterocycles. The lowest BCUT2D eigenvalue weighted by atomic mass is 10.4. The Labute approximate surface area is 85.0 Å². The van der Waals surface area contributed by atoms with Gasteiger partial charge in [-0.1, -0.05) is 0 Å². The molecule has 0 aliphatic heterocycles. The number of fused-ring (bicyclic) bond motifs is 1. The predicted molar refractivity (Wildman–Crippen MR) is 57.7 cm³/mol. The van der Waals surface area contributed by atoms with E-state index in [9.17, 15) is 4.79 Å². The van der Waals surface area contributed by atoms with E-state index in [2.05, 4.69) is 4.98 Å². The van der Waals surface area contributed by atoms with E-state index in [-0.39, 0.29) is 5.56 Å². The summed E-state index contributed by atoms with van der Waals surface area (Å²) in [7, 11) is 0. The summed E-state index contributed by atoms with van der Waals surface area (Å²) in [4.78, 5) is 17.9. The van der Waals surface area contributed by atoms with Gasteiger partial charge in [0.25, 0.3) is 5.56 Å². The number of aromatic nitrogens is 2. The van der Waals surface area contributed by atoms with Crippen LogP contribution in [0, 0.1) is 6.92 Å². The molecular weight excluding hydrogens is 198 g/mol. The molecule has 0 spiro atoms. The van der Waals surface area contributed by atoms with Gasteiger partial charge in [-0.15, -0.1) is 11.3 Å². The Hall–Kier alpha value is -1.20. The van der Waals surface area contributed by atoms with E-state index in [0.717, 1.165) is 9.71 Å². The predicted octanol–water partition coefficient (Wildman–Crippen LogP) is 0.725. The monoisotopic (exact) mass is 209 g/mol. The molecule has 0 fully saturated rings. The highest BCUT2D eigenvalue weighted by atomic mass is 32.1. The van der Waals surface area contributed by atoms with E-state index in [0.29, 0.717) is 18.5 Å². The molecule has 0 aromatic carbocycles. The van der Waals surface area contributed by atoms with Gasteiger partial charge in [0.2, 0.25) is 0 Å². The first-order chi connectivity index (χ1) is 6.72. The zero-order valence-electron chi connectivity index (χ0n) is 7.86. The highest BCUT2D eigenvalue weighted by Gasteiger charge is 2.05. The Balaban J connectivity index is 2.68. The molecule has 0 saturated carbocycles. The number of hydrogen-bond donors (Lipinski definition) is 1. The van der Waals surface area contributed by atoms with Crippen LogP contribution in [-0.4, -0.2) is 16.1 Å². The molecule has 0 unspecified atom stereocenters. The van der Waals surface area contributed by atoms with Crippen LogP contribution in [0.5, 0.6) is 0 Å². The molecule has 2 aromatic heterocycles. The van der Waals surface area contributed by atoms with Gasteiger partial charge in [0.1, 0.15) is 4.83 Å². The topological polar surface area (TPSA) is 60.9 Å². The van der Waals surface area contributed by atoms with E-state index in [1.54, 1.807) is 10.9 Å². The fourth-order valence-corrected chi connectivity index (χ4v) is 2.22. The van der Waals surface area contributed by atoms with Crippen LogP contribution in [0.15, 0.2) is 17.2 Å². The summed E-state index contributed by atoms with van der Waals surface area (Å²) in [6.45, 7) is 2.95. The summed E-state index contributed by atoms with van der Waals surface area (Å²) in [5.41, 5.74) is 5.40. The maximum absolute atomic E-state index is 11.8. The van der Waals surface area contributed by atoms with E-state index >= 15 is 0 Å². The number of rotatable bonds is 2. The lowest BCUT2D eigenvalue weighted by Crippen LogP contribution is -2.23. The largest absolute Gasteiger partial charge is 0.329 e. The molecule has 0 amide bonds. The lowest BCUT2D eigenvalue weighted by molar-refractivity contribution is 0.674. The molecule has 2 N–H and O–H groups in total. The third-order valence-corrected chi connectivity index (χ3v) is 2.97. The Morgan fingerprint density at radius 1 is 1.64 bits per heavy atom. The van der Waals surface area contributed by atoms with Crippen molar-refractivity contribution >= 4 is 21.6 Å². The Morgan fingerprint density at radius 2 is 2.43 bits per heavy atom. The van der Waals surface area contributed by atoms with Gasteiger partial charge in [-0.2, -0.15) is 0 Å². The summed E-state index contributed by atoms with van der Waals surface area (Å²) in [6, 6.07) is 1.88. The summed E-state index contributed by atoms with van der Waals surface area (Å²) >= 11 is 1.54. The Bertz CT molecular complexity index is 514. The third-order valence-electron chi connectivity index (χ3n) is 2.01. The maximum Gasteiger partial charge on any atom is 0.262 e. The fourth-order valence-electron chi connectivity index (χ4n) is 1.38. The summed E-state index contributed by atoms with van der Waals surface area (Å²) < 4.78 is 1.55. The second-order valence-electron chi connectivity index (χ2n) is 3.11. The highest BCUT2D eigenvalue weighted by Crippen LogP contribution is 2.19. The Morgan fingerprint density at radius 3 is 3.14 bits per heavy atom. The van der Waals surface area contributed by atoms with Crippen molar-refractivity contribution in [1.82, 2.24) is 9.55 Å². The van der Waals surface area contributed by atoms with Gasteiger partial charge in [0, 0.05) is 18.0 Å². The first kappa shape index (κ1) is 9.36. The molecular formula is C9H11N3OS. The molecule has 0 bridgehead atoms. The van der Waals surface area contributed by atoms with Gasteiger partial charge in [0.05, 0.1) is 11.7 Å². The third kappa shape index (κ3) is 1.44. The number of nitrogens with two attached hydrogens (primary N) is 1. The van der Waals surface area contributed by atoms with Gasteiger partial charge < -0.3 is 5.73 Å². The average Bonchev–Trinajstić information content (AvgIpc) is 2.52. The van der Waals surface area contributed by atoms with Crippen LogP contribution in [-0.2, 0) is 6.54 Å². The second kappa shape index (κ2) is 3.51. The standard InChI is InChI=1S/C9H11N3OS/c1-6-4-7-8(14-6)11-5-12(3-2-10)9(7)13/h4-5H,2-3,10H2,1H3. The number of thiophene rings is 1. The van der Waals surface area contributed by atoms with Crippen molar-refractivity contribution in [2.24, 2.45) is 5.73 Å². The number of aryl methyl sites for hydroxylation is 1. The SMILES string of the molecule is Cc1cc2c(=O)n(CCN)cnc2s1. The van der Waals surface area contributed by atoms with Gasteiger partial charge in [-0.05, 0) is 13.0 Å². The van der Waals surface area contributed by atoms with Gasteiger partial charge in [-0.3, -0.25) is 9.36 Å². The minimum absolute atomic E-state index is 0.00444. The van der Waals surface area contributed by atoms with Crippen LogP contribution in [0.2, 0.25) is 0 Å². The summed E-state index contributed by atoms with van der Waals surface area (Å²) in [6.07, 6.45) is 1.56. The normalized spacial score (nSPS) is 11.0. The molecule has 0 aliphatic rings. The van der Waals surface area contributed by atoms with Crippen LogP contribution >= 0.6 is 11.3 Å².